The molecule has 7 heteroatoms. The van der Waals surface area contributed by atoms with Crippen molar-refractivity contribution in [2.45, 2.75) is 13.8 Å². The monoisotopic (exact) mass is 426 g/mol. The van der Waals surface area contributed by atoms with Crippen LogP contribution in [0.25, 0.3) is 28.0 Å². The SMILES string of the molecule is Cc1ccc(Oc2cccc3nc(-c4cn(-c5ccc(O)c(F)c5)nn4)ccc23)cc1C. The summed E-state index contributed by atoms with van der Waals surface area (Å²) in [5.74, 6) is 0.352. The highest BCUT2D eigenvalue weighted by atomic mass is 19.1. The lowest BCUT2D eigenvalue weighted by atomic mass is 10.1. The Morgan fingerprint density at radius 1 is 0.906 bits per heavy atom. The van der Waals surface area contributed by atoms with Crippen molar-refractivity contribution < 1.29 is 14.2 Å². The van der Waals surface area contributed by atoms with Gasteiger partial charge in [-0.1, -0.05) is 17.3 Å². The molecule has 0 aliphatic heterocycles. The van der Waals surface area contributed by atoms with E-state index in [1.807, 2.05) is 48.5 Å². The minimum absolute atomic E-state index is 0.413. The Morgan fingerprint density at radius 3 is 2.59 bits per heavy atom. The number of phenols is 1. The van der Waals surface area contributed by atoms with Gasteiger partial charge >= 0.3 is 0 Å². The number of hydrogen-bond donors (Lipinski definition) is 1. The molecule has 0 amide bonds. The molecule has 0 fully saturated rings. The quantitative estimate of drug-likeness (QED) is 0.397. The molecule has 0 unspecified atom stereocenters. The van der Waals surface area contributed by atoms with Crippen LogP contribution in [0.5, 0.6) is 17.2 Å². The zero-order valence-corrected chi connectivity index (χ0v) is 17.5. The van der Waals surface area contributed by atoms with E-state index in [2.05, 4.69) is 24.2 Å². The predicted molar refractivity (Wildman–Crippen MR) is 120 cm³/mol. The summed E-state index contributed by atoms with van der Waals surface area (Å²) in [6.07, 6.45) is 1.66. The van der Waals surface area contributed by atoms with Gasteiger partial charge in [0.1, 0.15) is 17.2 Å². The molecule has 1 N–H and O–H groups in total. The van der Waals surface area contributed by atoms with E-state index in [-0.39, 0.29) is 0 Å². The zero-order chi connectivity index (χ0) is 22.2. The van der Waals surface area contributed by atoms with Gasteiger partial charge in [0.25, 0.3) is 0 Å². The molecule has 5 rings (SSSR count). The van der Waals surface area contributed by atoms with Crippen molar-refractivity contribution in [2.24, 2.45) is 0 Å². The summed E-state index contributed by atoms with van der Waals surface area (Å²) < 4.78 is 21.2. The van der Waals surface area contributed by atoms with E-state index >= 15 is 0 Å². The van der Waals surface area contributed by atoms with E-state index in [4.69, 9.17) is 9.72 Å². The molecular weight excluding hydrogens is 407 g/mol. The van der Waals surface area contributed by atoms with E-state index in [1.165, 1.54) is 27.9 Å². The molecule has 0 radical (unpaired) electrons. The first-order chi connectivity index (χ1) is 15.5. The number of halogens is 1. The number of hydrogen-bond acceptors (Lipinski definition) is 5. The average molecular weight is 426 g/mol. The topological polar surface area (TPSA) is 73.1 Å². The summed E-state index contributed by atoms with van der Waals surface area (Å²) in [5, 5.41) is 18.5. The minimum Gasteiger partial charge on any atom is -0.505 e. The fourth-order valence-electron chi connectivity index (χ4n) is 3.41. The van der Waals surface area contributed by atoms with Gasteiger partial charge in [-0.3, -0.25) is 0 Å². The smallest absolute Gasteiger partial charge is 0.166 e. The molecule has 6 nitrogen and oxygen atoms in total. The van der Waals surface area contributed by atoms with Gasteiger partial charge in [0.15, 0.2) is 11.6 Å². The molecule has 5 aromatic rings. The first-order valence-corrected chi connectivity index (χ1v) is 10.0. The average Bonchev–Trinajstić information content (AvgIpc) is 3.28. The summed E-state index contributed by atoms with van der Waals surface area (Å²) >= 11 is 0. The van der Waals surface area contributed by atoms with E-state index < -0.39 is 11.6 Å². The van der Waals surface area contributed by atoms with Crippen LogP contribution in [0.2, 0.25) is 0 Å². The van der Waals surface area contributed by atoms with Crippen LogP contribution in [0.4, 0.5) is 4.39 Å². The molecule has 158 valence electrons. The molecule has 32 heavy (non-hydrogen) atoms. The minimum atomic E-state index is -0.723. The number of nitrogens with zero attached hydrogens (tertiary/aromatic N) is 4. The van der Waals surface area contributed by atoms with E-state index in [0.29, 0.717) is 22.8 Å². The van der Waals surface area contributed by atoms with Gasteiger partial charge < -0.3 is 9.84 Å². The molecule has 2 heterocycles. The van der Waals surface area contributed by atoms with Gasteiger partial charge in [0.2, 0.25) is 0 Å². The van der Waals surface area contributed by atoms with Crippen LogP contribution in [-0.2, 0) is 0 Å². The highest BCUT2D eigenvalue weighted by Crippen LogP contribution is 2.31. The Bertz CT molecular complexity index is 1460. The molecule has 2 aromatic heterocycles. The Morgan fingerprint density at radius 2 is 1.78 bits per heavy atom. The Balaban J connectivity index is 1.47. The number of aromatic nitrogens is 4. The fraction of sp³-hybridized carbons (Fsp3) is 0.0800. The summed E-state index contributed by atoms with van der Waals surface area (Å²) in [7, 11) is 0. The van der Waals surface area contributed by atoms with Crippen LogP contribution in [0.3, 0.4) is 0 Å². The molecule has 0 aliphatic carbocycles. The lowest BCUT2D eigenvalue weighted by molar-refractivity contribution is 0.432. The number of rotatable bonds is 4. The number of fused-ring (bicyclic) bond motifs is 1. The standard InChI is InChI=1S/C25H19FN4O2/c1-15-6-8-18(12-16(15)2)32-25-5-3-4-21-19(25)9-10-22(27-21)23-14-30(29-28-23)17-7-11-24(31)20(26)13-17/h3-14,31H,1-2H3. The summed E-state index contributed by atoms with van der Waals surface area (Å²) in [5.41, 5.74) is 4.76. The predicted octanol–water partition coefficient (Wildman–Crippen LogP) is 5.74. The summed E-state index contributed by atoms with van der Waals surface area (Å²) in [6.45, 7) is 4.12. The van der Waals surface area contributed by atoms with Crippen molar-refractivity contribution in [1.82, 2.24) is 20.0 Å². The Kier molecular flexibility index (Phi) is 4.78. The van der Waals surface area contributed by atoms with Gasteiger partial charge in [0, 0.05) is 11.5 Å². The Labute approximate surface area is 183 Å². The fourth-order valence-corrected chi connectivity index (χ4v) is 3.41. The van der Waals surface area contributed by atoms with Gasteiger partial charge in [0.05, 0.1) is 23.1 Å². The van der Waals surface area contributed by atoms with Crippen LogP contribution >= 0.6 is 0 Å². The van der Waals surface area contributed by atoms with Crippen molar-refractivity contribution in [3.05, 3.63) is 89.9 Å². The van der Waals surface area contributed by atoms with Crippen molar-refractivity contribution >= 4 is 10.9 Å². The van der Waals surface area contributed by atoms with E-state index in [1.54, 1.807) is 12.3 Å². The number of aromatic hydroxyl groups is 1. The van der Waals surface area contributed by atoms with Gasteiger partial charge in [-0.2, -0.15) is 0 Å². The lowest BCUT2D eigenvalue weighted by Gasteiger charge is -2.10. The van der Waals surface area contributed by atoms with Crippen molar-refractivity contribution in [3.8, 4) is 34.3 Å². The van der Waals surface area contributed by atoms with E-state index in [9.17, 15) is 9.50 Å². The summed E-state index contributed by atoms with van der Waals surface area (Å²) in [6, 6.07) is 19.5. The Hall–Kier alpha value is -4.26. The number of ether oxygens (including phenoxy) is 1. The first-order valence-electron chi connectivity index (χ1n) is 10.0. The second-order valence-electron chi connectivity index (χ2n) is 7.55. The highest BCUT2D eigenvalue weighted by molar-refractivity contribution is 5.87. The maximum atomic E-state index is 13.7. The van der Waals surface area contributed by atoms with Gasteiger partial charge in [-0.05, 0) is 73.5 Å². The maximum Gasteiger partial charge on any atom is 0.166 e. The molecule has 0 saturated heterocycles. The third-order valence-electron chi connectivity index (χ3n) is 5.35. The normalized spacial score (nSPS) is 11.1. The molecule has 3 aromatic carbocycles. The van der Waals surface area contributed by atoms with Gasteiger partial charge in [-0.15, -0.1) is 5.10 Å². The maximum absolute atomic E-state index is 13.7. The third kappa shape index (κ3) is 3.65. The van der Waals surface area contributed by atoms with Crippen LogP contribution in [0, 0.1) is 19.7 Å². The van der Waals surface area contributed by atoms with Gasteiger partial charge in [-0.25, -0.2) is 14.1 Å². The summed E-state index contributed by atoms with van der Waals surface area (Å²) in [4.78, 5) is 4.71. The van der Waals surface area contributed by atoms with Crippen LogP contribution in [-0.4, -0.2) is 25.1 Å². The first kappa shape index (κ1) is 19.7. The van der Waals surface area contributed by atoms with Crippen molar-refractivity contribution in [1.29, 1.82) is 0 Å². The third-order valence-corrected chi connectivity index (χ3v) is 5.35. The molecular formula is C25H19FN4O2. The molecule has 0 spiro atoms. The van der Waals surface area contributed by atoms with Crippen LogP contribution in [0.15, 0.2) is 72.9 Å². The van der Waals surface area contributed by atoms with Crippen molar-refractivity contribution in [3.63, 3.8) is 0 Å². The molecule has 0 bridgehead atoms. The highest BCUT2D eigenvalue weighted by Gasteiger charge is 2.11. The largest absolute Gasteiger partial charge is 0.505 e. The second-order valence-corrected chi connectivity index (χ2v) is 7.55. The number of aryl methyl sites for hydroxylation is 2. The molecule has 0 aliphatic rings. The zero-order valence-electron chi connectivity index (χ0n) is 17.5. The van der Waals surface area contributed by atoms with E-state index in [0.717, 1.165) is 16.7 Å². The number of phenolic OH excluding ortho intramolecular Hbond substituents is 1. The lowest BCUT2D eigenvalue weighted by Crippen LogP contribution is -1.95. The van der Waals surface area contributed by atoms with Crippen molar-refractivity contribution in [2.75, 3.05) is 0 Å². The number of pyridine rings is 1. The molecule has 0 saturated carbocycles. The molecule has 0 atom stereocenters. The number of benzene rings is 3. The second kappa shape index (κ2) is 7.77. The van der Waals surface area contributed by atoms with Crippen LogP contribution < -0.4 is 4.74 Å². The van der Waals surface area contributed by atoms with Crippen LogP contribution in [0.1, 0.15) is 11.1 Å².